The van der Waals surface area contributed by atoms with Crippen LogP contribution in [-0.2, 0) is 4.79 Å². The van der Waals surface area contributed by atoms with E-state index in [0.717, 1.165) is 10.6 Å². The third-order valence-corrected chi connectivity index (χ3v) is 6.18. The minimum Gasteiger partial charge on any atom is -0.348 e. The summed E-state index contributed by atoms with van der Waals surface area (Å²) in [7, 11) is 3.41. The van der Waals surface area contributed by atoms with Gasteiger partial charge in [0.15, 0.2) is 11.3 Å². The number of hydrogen-bond acceptors (Lipinski definition) is 7. The Kier molecular flexibility index (Phi) is 5.57. The first-order chi connectivity index (χ1) is 14.7. The number of hydrogen-bond donors (Lipinski definition) is 1. The van der Waals surface area contributed by atoms with E-state index in [4.69, 9.17) is 0 Å². The number of thiazole rings is 1. The van der Waals surface area contributed by atoms with E-state index in [9.17, 15) is 14.0 Å². The second-order valence-corrected chi connectivity index (χ2v) is 9.05. The summed E-state index contributed by atoms with van der Waals surface area (Å²) >= 11 is 1.36. The monoisotopic (exact) mass is 442 g/mol. The molecule has 1 saturated heterocycles. The van der Waals surface area contributed by atoms with Crippen LogP contribution >= 0.6 is 11.3 Å². The molecule has 1 unspecified atom stereocenters. The molecule has 1 aliphatic rings. The molecular formula is C21H23FN6O2S. The molecule has 0 bridgehead atoms. The van der Waals surface area contributed by atoms with E-state index in [1.54, 1.807) is 31.1 Å². The normalized spacial score (nSPS) is 14.9. The molecular weight excluding hydrogens is 419 g/mol. The van der Waals surface area contributed by atoms with E-state index < -0.39 is 0 Å². The molecule has 2 amide bonds. The van der Waals surface area contributed by atoms with Gasteiger partial charge < -0.3 is 15.1 Å². The number of nitrogens with zero attached hydrogens (tertiary/aromatic N) is 5. The highest BCUT2D eigenvalue weighted by Gasteiger charge is 2.38. The molecule has 1 N–H and O–H groups in total. The lowest BCUT2D eigenvalue weighted by Gasteiger charge is -2.39. The molecule has 31 heavy (non-hydrogen) atoms. The van der Waals surface area contributed by atoms with Gasteiger partial charge in [0, 0.05) is 27.2 Å². The number of rotatable bonds is 5. The molecule has 162 valence electrons. The van der Waals surface area contributed by atoms with E-state index in [1.165, 1.54) is 28.4 Å². The number of aryl methyl sites for hydroxylation is 1. The van der Waals surface area contributed by atoms with Crippen LogP contribution in [0, 0.1) is 18.7 Å². The average Bonchev–Trinajstić information content (AvgIpc) is 3.05. The number of nitrogens with one attached hydrogen (secondary N) is 1. The molecule has 1 aliphatic heterocycles. The van der Waals surface area contributed by atoms with Crippen LogP contribution in [0.5, 0.6) is 0 Å². The first-order valence-electron chi connectivity index (χ1n) is 9.90. The van der Waals surface area contributed by atoms with Crippen molar-refractivity contribution in [3.63, 3.8) is 0 Å². The Labute approximate surface area is 183 Å². The number of fused-ring (bicyclic) bond motifs is 1. The molecule has 0 spiro atoms. The van der Waals surface area contributed by atoms with Crippen molar-refractivity contribution in [3.8, 4) is 0 Å². The van der Waals surface area contributed by atoms with E-state index in [-0.39, 0.29) is 41.2 Å². The first-order valence-corrected chi connectivity index (χ1v) is 10.7. The predicted octanol–water partition coefficient (Wildman–Crippen LogP) is 2.87. The highest BCUT2D eigenvalue weighted by molar-refractivity contribution is 7.18. The fraction of sp³-hybridized carbons (Fsp3) is 0.381. The number of likely N-dealkylation sites (tertiary alicyclic amines) is 1. The van der Waals surface area contributed by atoms with Gasteiger partial charge in [-0.05, 0) is 31.5 Å². The fourth-order valence-corrected chi connectivity index (χ4v) is 4.35. The summed E-state index contributed by atoms with van der Waals surface area (Å²) < 4.78 is 14.2. The van der Waals surface area contributed by atoms with Gasteiger partial charge in [-0.1, -0.05) is 12.1 Å². The number of aromatic nitrogens is 3. The van der Waals surface area contributed by atoms with Gasteiger partial charge in [-0.15, -0.1) is 11.3 Å². The van der Waals surface area contributed by atoms with Crippen LogP contribution in [0.2, 0.25) is 0 Å². The molecule has 1 fully saturated rings. The van der Waals surface area contributed by atoms with Crippen molar-refractivity contribution in [1.82, 2.24) is 24.8 Å². The lowest BCUT2D eigenvalue weighted by Crippen LogP contribution is -2.55. The molecule has 1 aromatic carbocycles. The van der Waals surface area contributed by atoms with Crippen LogP contribution in [0.3, 0.4) is 0 Å². The summed E-state index contributed by atoms with van der Waals surface area (Å²) in [4.78, 5) is 41.7. The van der Waals surface area contributed by atoms with Crippen molar-refractivity contribution in [3.05, 3.63) is 46.3 Å². The van der Waals surface area contributed by atoms with Crippen LogP contribution in [-0.4, -0.2) is 63.8 Å². The number of carbonyl (C=O) groups excluding carboxylic acids is 2. The molecule has 0 saturated carbocycles. The molecule has 0 aliphatic carbocycles. The zero-order valence-corrected chi connectivity index (χ0v) is 18.5. The third kappa shape index (κ3) is 4.20. The number of carbonyl (C=O) groups is 2. The molecule has 0 radical (unpaired) electrons. The van der Waals surface area contributed by atoms with Crippen molar-refractivity contribution in [2.45, 2.75) is 19.9 Å². The summed E-state index contributed by atoms with van der Waals surface area (Å²) in [5.74, 6) is -0.505. The maximum Gasteiger partial charge on any atom is 0.274 e. The van der Waals surface area contributed by atoms with E-state index in [0.29, 0.717) is 23.4 Å². The number of amides is 2. The summed E-state index contributed by atoms with van der Waals surface area (Å²) in [5, 5.41) is 3.92. The smallest absolute Gasteiger partial charge is 0.274 e. The van der Waals surface area contributed by atoms with Crippen molar-refractivity contribution in [1.29, 1.82) is 0 Å². The SMILES string of the molecule is Cc1nc2nc(NC(C)c3cccc(F)c3)nc(C(=O)N3CC(C(=O)N(C)C)C3)c2s1. The average molecular weight is 443 g/mol. The van der Waals surface area contributed by atoms with Crippen LogP contribution in [0.1, 0.15) is 34.0 Å². The molecule has 2 aromatic heterocycles. The van der Waals surface area contributed by atoms with Gasteiger partial charge >= 0.3 is 0 Å². The van der Waals surface area contributed by atoms with E-state index >= 15 is 0 Å². The Morgan fingerprint density at radius 2 is 2.00 bits per heavy atom. The predicted molar refractivity (Wildman–Crippen MR) is 116 cm³/mol. The highest BCUT2D eigenvalue weighted by Crippen LogP contribution is 2.29. The summed E-state index contributed by atoms with van der Waals surface area (Å²) in [6, 6.07) is 6.00. The summed E-state index contributed by atoms with van der Waals surface area (Å²) in [6.07, 6.45) is 0. The largest absolute Gasteiger partial charge is 0.348 e. The van der Waals surface area contributed by atoms with Gasteiger partial charge in [-0.25, -0.2) is 14.4 Å². The summed E-state index contributed by atoms with van der Waals surface area (Å²) in [6.45, 7) is 4.44. The van der Waals surface area contributed by atoms with Gasteiger partial charge in [-0.2, -0.15) is 4.98 Å². The second-order valence-electron chi connectivity index (χ2n) is 7.84. The van der Waals surface area contributed by atoms with Crippen LogP contribution in [0.15, 0.2) is 24.3 Å². The molecule has 10 heteroatoms. The zero-order chi connectivity index (χ0) is 22.3. The van der Waals surface area contributed by atoms with Gasteiger partial charge in [0.1, 0.15) is 10.5 Å². The quantitative estimate of drug-likeness (QED) is 0.653. The van der Waals surface area contributed by atoms with Crippen LogP contribution < -0.4 is 5.32 Å². The maximum absolute atomic E-state index is 13.6. The number of anilines is 1. The van der Waals surface area contributed by atoms with Crippen molar-refractivity contribution in [2.24, 2.45) is 5.92 Å². The molecule has 4 rings (SSSR count). The lowest BCUT2D eigenvalue weighted by atomic mass is 9.98. The zero-order valence-electron chi connectivity index (χ0n) is 17.7. The highest BCUT2D eigenvalue weighted by atomic mass is 32.1. The Balaban J connectivity index is 1.60. The summed E-state index contributed by atoms with van der Waals surface area (Å²) in [5.41, 5.74) is 1.44. The number of benzene rings is 1. The lowest BCUT2D eigenvalue weighted by molar-refractivity contribution is -0.137. The van der Waals surface area contributed by atoms with Gasteiger partial charge in [0.05, 0.1) is 17.0 Å². The Morgan fingerprint density at radius 3 is 2.68 bits per heavy atom. The maximum atomic E-state index is 13.6. The minimum atomic E-state index is -0.326. The second kappa shape index (κ2) is 8.18. The topological polar surface area (TPSA) is 91.3 Å². The van der Waals surface area contributed by atoms with Crippen molar-refractivity contribution >= 4 is 39.4 Å². The van der Waals surface area contributed by atoms with Crippen LogP contribution in [0.25, 0.3) is 10.3 Å². The first kappa shape index (κ1) is 21.1. The van der Waals surface area contributed by atoms with Gasteiger partial charge in [-0.3, -0.25) is 9.59 Å². The molecule has 8 nitrogen and oxygen atoms in total. The Bertz CT molecular complexity index is 1160. The van der Waals surface area contributed by atoms with E-state index in [2.05, 4.69) is 20.3 Å². The van der Waals surface area contributed by atoms with Gasteiger partial charge in [0.25, 0.3) is 5.91 Å². The minimum absolute atomic E-state index is 0.0109. The van der Waals surface area contributed by atoms with Crippen molar-refractivity contribution in [2.75, 3.05) is 32.5 Å². The molecule has 3 aromatic rings. The molecule has 3 heterocycles. The van der Waals surface area contributed by atoms with Crippen LogP contribution in [0.4, 0.5) is 10.3 Å². The third-order valence-electron chi connectivity index (χ3n) is 5.22. The number of halogens is 1. The van der Waals surface area contributed by atoms with Gasteiger partial charge in [0.2, 0.25) is 11.9 Å². The fourth-order valence-electron chi connectivity index (χ4n) is 3.51. The standard InChI is InChI=1S/C21H23FN6O2S/c1-11(13-6-5-7-15(22)8-13)23-21-25-16(17-18(26-21)24-12(2)31-17)20(30)28-9-14(10-28)19(29)27(3)4/h5-8,11,14H,9-10H2,1-4H3,(H,23,25,26). The van der Waals surface area contributed by atoms with E-state index in [1.807, 2.05) is 13.8 Å². The van der Waals surface area contributed by atoms with Crippen molar-refractivity contribution < 1.29 is 14.0 Å². The molecule has 1 atom stereocenters. The Morgan fingerprint density at radius 1 is 1.26 bits per heavy atom. The Hall–Kier alpha value is -3.14.